The largest absolute Gasteiger partial charge is 0.384 e. The van der Waals surface area contributed by atoms with Crippen LogP contribution in [0.2, 0.25) is 0 Å². The van der Waals surface area contributed by atoms with Crippen molar-refractivity contribution in [3.05, 3.63) is 0 Å². The van der Waals surface area contributed by atoms with E-state index in [0.717, 1.165) is 58.4 Å². The number of hydrogen-bond acceptors (Lipinski definition) is 4. The Balaban J connectivity index is 0. The first-order valence-electron chi connectivity index (χ1n) is 8.81. The Morgan fingerprint density at radius 3 is 2.33 bits per heavy atom. The summed E-state index contributed by atoms with van der Waals surface area (Å²) < 4.78 is 5.33. The second-order valence-corrected chi connectivity index (χ2v) is 6.51. The minimum atomic E-state index is -0.340. The highest BCUT2D eigenvalue weighted by Gasteiger charge is 2.39. The van der Waals surface area contributed by atoms with E-state index in [1.54, 1.807) is 7.11 Å². The van der Waals surface area contributed by atoms with Gasteiger partial charge in [-0.05, 0) is 65.3 Å². The number of methoxy groups -OCH3 is 1. The number of ether oxygens (including phenoxy) is 1. The molecule has 1 unspecified atom stereocenters. The maximum absolute atomic E-state index is 12.7. The zero-order valence-corrected chi connectivity index (χ0v) is 17.4. The average Bonchev–Trinajstić information content (AvgIpc) is 2.52. The quantitative estimate of drug-likeness (QED) is 0.606. The zero-order valence-electron chi connectivity index (χ0n) is 15.7. The van der Waals surface area contributed by atoms with Gasteiger partial charge >= 0.3 is 0 Å². The molecule has 24 heavy (non-hydrogen) atoms. The fraction of sp³-hybridized carbons (Fsp3) is 0.941. The first kappa shape index (κ1) is 26.2. The number of piperidine rings is 1. The molecule has 1 amide bonds. The lowest BCUT2D eigenvalue weighted by atomic mass is 9.78. The fourth-order valence-corrected chi connectivity index (χ4v) is 3.23. The SMILES string of the molecule is CCN(CC)CCCC(C)NC(=O)C1(COC)CCNCC1.Cl.Cl. The molecule has 1 fully saturated rings. The number of rotatable bonds is 10. The number of nitrogens with one attached hydrogen (secondary N) is 2. The van der Waals surface area contributed by atoms with E-state index in [1.807, 2.05) is 0 Å². The molecule has 1 aliphatic rings. The molecule has 7 heteroatoms. The number of amides is 1. The Hall–Kier alpha value is -0.0700. The minimum Gasteiger partial charge on any atom is -0.384 e. The maximum Gasteiger partial charge on any atom is 0.228 e. The predicted octanol–water partition coefficient (Wildman–Crippen LogP) is 2.47. The van der Waals surface area contributed by atoms with Gasteiger partial charge in [0.1, 0.15) is 0 Å². The first-order valence-corrected chi connectivity index (χ1v) is 8.81. The topological polar surface area (TPSA) is 53.6 Å². The van der Waals surface area contributed by atoms with Gasteiger partial charge in [-0.1, -0.05) is 13.8 Å². The molecule has 0 radical (unpaired) electrons. The van der Waals surface area contributed by atoms with Crippen LogP contribution < -0.4 is 10.6 Å². The van der Waals surface area contributed by atoms with Crippen LogP contribution in [0.5, 0.6) is 0 Å². The van der Waals surface area contributed by atoms with Gasteiger partial charge in [-0.2, -0.15) is 0 Å². The van der Waals surface area contributed by atoms with Gasteiger partial charge in [0.15, 0.2) is 0 Å². The van der Waals surface area contributed by atoms with Crippen molar-refractivity contribution in [1.29, 1.82) is 0 Å². The van der Waals surface area contributed by atoms with Crippen LogP contribution in [-0.2, 0) is 9.53 Å². The van der Waals surface area contributed by atoms with Crippen molar-refractivity contribution >= 4 is 30.7 Å². The van der Waals surface area contributed by atoms with E-state index in [-0.39, 0.29) is 42.2 Å². The van der Waals surface area contributed by atoms with Gasteiger partial charge in [0.25, 0.3) is 0 Å². The van der Waals surface area contributed by atoms with Gasteiger partial charge < -0.3 is 20.3 Å². The number of halogens is 2. The van der Waals surface area contributed by atoms with Crippen molar-refractivity contribution in [2.75, 3.05) is 46.4 Å². The van der Waals surface area contributed by atoms with Crippen LogP contribution in [0.1, 0.15) is 46.5 Å². The fourth-order valence-electron chi connectivity index (χ4n) is 3.23. The lowest BCUT2D eigenvalue weighted by Crippen LogP contribution is -2.52. The summed E-state index contributed by atoms with van der Waals surface area (Å²) in [5, 5.41) is 6.54. The van der Waals surface area contributed by atoms with Crippen LogP contribution in [0.3, 0.4) is 0 Å². The molecular formula is C17H37Cl2N3O2. The van der Waals surface area contributed by atoms with Crippen molar-refractivity contribution < 1.29 is 9.53 Å². The van der Waals surface area contributed by atoms with E-state index in [1.165, 1.54) is 0 Å². The number of carbonyl (C=O) groups excluding carboxylic acids is 1. The highest BCUT2D eigenvalue weighted by Crippen LogP contribution is 2.29. The molecule has 2 N–H and O–H groups in total. The van der Waals surface area contributed by atoms with E-state index in [2.05, 4.69) is 36.3 Å². The summed E-state index contributed by atoms with van der Waals surface area (Å²) in [4.78, 5) is 15.1. The monoisotopic (exact) mass is 385 g/mol. The van der Waals surface area contributed by atoms with Crippen molar-refractivity contribution in [3.8, 4) is 0 Å². The summed E-state index contributed by atoms with van der Waals surface area (Å²) in [6.45, 7) is 12.1. The van der Waals surface area contributed by atoms with Crippen LogP contribution in [-0.4, -0.2) is 63.3 Å². The zero-order chi connectivity index (χ0) is 16.4. The van der Waals surface area contributed by atoms with Gasteiger partial charge in [-0.3, -0.25) is 4.79 Å². The first-order chi connectivity index (χ1) is 10.6. The molecule has 0 spiro atoms. The Labute approximate surface area is 160 Å². The highest BCUT2D eigenvalue weighted by atomic mass is 35.5. The normalized spacial score (nSPS) is 17.5. The van der Waals surface area contributed by atoms with Gasteiger partial charge in [0.05, 0.1) is 12.0 Å². The van der Waals surface area contributed by atoms with Crippen molar-refractivity contribution in [2.24, 2.45) is 5.41 Å². The second kappa shape index (κ2) is 14.1. The van der Waals surface area contributed by atoms with E-state index in [9.17, 15) is 4.79 Å². The third-order valence-corrected chi connectivity index (χ3v) is 4.85. The summed E-state index contributed by atoms with van der Waals surface area (Å²) in [5.74, 6) is 0.172. The van der Waals surface area contributed by atoms with E-state index in [0.29, 0.717) is 6.61 Å². The molecule has 0 aromatic carbocycles. The molecule has 0 aromatic rings. The van der Waals surface area contributed by atoms with Gasteiger partial charge in [-0.25, -0.2) is 0 Å². The summed E-state index contributed by atoms with van der Waals surface area (Å²) in [7, 11) is 1.69. The van der Waals surface area contributed by atoms with E-state index >= 15 is 0 Å². The van der Waals surface area contributed by atoms with Crippen molar-refractivity contribution in [3.63, 3.8) is 0 Å². The molecule has 1 saturated heterocycles. The minimum absolute atomic E-state index is 0. The third-order valence-electron chi connectivity index (χ3n) is 4.85. The lowest BCUT2D eigenvalue weighted by Gasteiger charge is -2.36. The molecule has 0 saturated carbocycles. The molecule has 0 bridgehead atoms. The Bertz CT molecular complexity index is 317. The molecule has 1 heterocycles. The van der Waals surface area contributed by atoms with Crippen molar-refractivity contribution in [1.82, 2.24) is 15.5 Å². The number of carbonyl (C=O) groups is 1. The lowest BCUT2D eigenvalue weighted by molar-refractivity contribution is -0.136. The molecule has 1 rings (SSSR count). The average molecular weight is 386 g/mol. The van der Waals surface area contributed by atoms with Crippen LogP contribution in [0.25, 0.3) is 0 Å². The van der Waals surface area contributed by atoms with Crippen LogP contribution in [0.4, 0.5) is 0 Å². The molecule has 0 aromatic heterocycles. The number of hydrogen-bond donors (Lipinski definition) is 2. The van der Waals surface area contributed by atoms with Crippen molar-refractivity contribution in [2.45, 2.75) is 52.5 Å². The van der Waals surface area contributed by atoms with E-state index < -0.39 is 0 Å². The standard InChI is InChI=1S/C17H35N3O2.2ClH/c1-5-20(6-2)13-7-8-15(3)19-16(21)17(14-22-4)9-11-18-12-10-17;;/h15,18H,5-14H2,1-4H3,(H,19,21);2*1H. The third kappa shape index (κ3) is 8.34. The van der Waals surface area contributed by atoms with E-state index in [4.69, 9.17) is 4.74 Å². The molecule has 1 atom stereocenters. The van der Waals surface area contributed by atoms with Crippen LogP contribution in [0, 0.1) is 5.41 Å². The summed E-state index contributed by atoms with van der Waals surface area (Å²) in [6, 6.07) is 0.228. The summed E-state index contributed by atoms with van der Waals surface area (Å²) in [6.07, 6.45) is 3.88. The second-order valence-electron chi connectivity index (χ2n) is 6.51. The highest BCUT2D eigenvalue weighted by molar-refractivity contribution is 5.85. The molecule has 5 nitrogen and oxygen atoms in total. The smallest absolute Gasteiger partial charge is 0.228 e. The Morgan fingerprint density at radius 2 is 1.83 bits per heavy atom. The molecular weight excluding hydrogens is 349 g/mol. The van der Waals surface area contributed by atoms with Gasteiger partial charge in [-0.15, -0.1) is 24.8 Å². The summed E-state index contributed by atoms with van der Waals surface area (Å²) >= 11 is 0. The van der Waals surface area contributed by atoms with Crippen LogP contribution >= 0.6 is 24.8 Å². The summed E-state index contributed by atoms with van der Waals surface area (Å²) in [5.41, 5.74) is -0.340. The number of nitrogens with zero attached hydrogens (tertiary/aromatic N) is 1. The van der Waals surface area contributed by atoms with Crippen LogP contribution in [0.15, 0.2) is 0 Å². The Kier molecular flexibility index (Phi) is 15.4. The predicted molar refractivity (Wildman–Crippen MR) is 106 cm³/mol. The molecule has 1 aliphatic heterocycles. The molecule has 146 valence electrons. The molecule has 0 aliphatic carbocycles. The maximum atomic E-state index is 12.7. The van der Waals surface area contributed by atoms with Gasteiger partial charge in [0, 0.05) is 13.2 Å². The Morgan fingerprint density at radius 1 is 1.25 bits per heavy atom. The van der Waals surface area contributed by atoms with Gasteiger partial charge in [0.2, 0.25) is 5.91 Å².